The van der Waals surface area contributed by atoms with Crippen molar-refractivity contribution in [1.29, 1.82) is 0 Å². The van der Waals surface area contributed by atoms with Gasteiger partial charge in [-0.2, -0.15) is 0 Å². The van der Waals surface area contributed by atoms with Crippen molar-refractivity contribution in [1.82, 2.24) is 9.97 Å². The van der Waals surface area contributed by atoms with Crippen LogP contribution in [0.15, 0.2) is 41.7 Å². The molecule has 0 N–H and O–H groups in total. The predicted octanol–water partition coefficient (Wildman–Crippen LogP) is 3.94. The highest BCUT2D eigenvalue weighted by Crippen LogP contribution is 2.47. The number of ketones is 2. The second-order valence-electron chi connectivity index (χ2n) is 9.60. The van der Waals surface area contributed by atoms with E-state index in [0.717, 1.165) is 43.2 Å². The lowest BCUT2D eigenvalue weighted by atomic mass is 9.83. The van der Waals surface area contributed by atoms with Crippen molar-refractivity contribution < 1.29 is 18.0 Å². The molecular formula is C25H28N2O4S. The van der Waals surface area contributed by atoms with Gasteiger partial charge in [-0.15, -0.1) is 0 Å². The van der Waals surface area contributed by atoms with E-state index in [-0.39, 0.29) is 41.0 Å². The number of rotatable bonds is 9. The van der Waals surface area contributed by atoms with E-state index >= 15 is 0 Å². The molecule has 7 heteroatoms. The van der Waals surface area contributed by atoms with Crippen molar-refractivity contribution >= 4 is 21.4 Å². The number of hydrogen-bond acceptors (Lipinski definition) is 6. The number of sulfone groups is 1. The Balaban J connectivity index is 1.48. The van der Waals surface area contributed by atoms with Gasteiger partial charge in [-0.25, -0.2) is 18.4 Å². The lowest BCUT2D eigenvalue weighted by molar-refractivity contribution is -0.121. The van der Waals surface area contributed by atoms with Gasteiger partial charge in [-0.3, -0.25) is 9.59 Å². The summed E-state index contributed by atoms with van der Waals surface area (Å²) in [6.45, 7) is 0. The lowest BCUT2D eigenvalue weighted by Crippen LogP contribution is -2.19. The van der Waals surface area contributed by atoms with Crippen molar-refractivity contribution in [2.45, 2.75) is 79.8 Å². The summed E-state index contributed by atoms with van der Waals surface area (Å²) in [4.78, 5) is 33.8. The van der Waals surface area contributed by atoms with E-state index in [2.05, 4.69) is 9.97 Å². The number of carbonyl (C=O) groups is 2. The fourth-order valence-electron chi connectivity index (χ4n) is 4.92. The second kappa shape index (κ2) is 8.50. The van der Waals surface area contributed by atoms with Crippen LogP contribution in [-0.4, -0.2) is 35.2 Å². The minimum atomic E-state index is -3.29. The van der Waals surface area contributed by atoms with Crippen LogP contribution in [0, 0.1) is 5.92 Å². The minimum Gasteiger partial charge on any atom is -0.300 e. The SMILES string of the molecule is O=C1CC[C@H](C[C@@H](C(=O)Cc2ccncn2)c2ccc(S(=O)(=O)C3CC3)c(C3CC3)c2)C1. The molecule has 0 aliphatic heterocycles. The summed E-state index contributed by atoms with van der Waals surface area (Å²) in [7, 11) is -3.29. The van der Waals surface area contributed by atoms with E-state index in [9.17, 15) is 18.0 Å². The Bertz CT molecular complexity index is 1140. The van der Waals surface area contributed by atoms with Gasteiger partial charge in [0.15, 0.2) is 9.84 Å². The highest BCUT2D eigenvalue weighted by molar-refractivity contribution is 7.92. The van der Waals surface area contributed by atoms with Crippen LogP contribution in [0.1, 0.15) is 80.0 Å². The first-order valence-corrected chi connectivity index (χ1v) is 13.1. The molecule has 2 atom stereocenters. The Morgan fingerprint density at radius 2 is 1.91 bits per heavy atom. The molecule has 2 aromatic rings. The smallest absolute Gasteiger partial charge is 0.181 e. The summed E-state index contributed by atoms with van der Waals surface area (Å²) in [6.07, 6.45) is 9.29. The Hall–Kier alpha value is -2.41. The minimum absolute atomic E-state index is 0.0580. The zero-order chi connectivity index (χ0) is 22.3. The van der Waals surface area contributed by atoms with Gasteiger partial charge in [0.1, 0.15) is 17.9 Å². The third-order valence-electron chi connectivity index (χ3n) is 7.03. The molecule has 3 saturated carbocycles. The summed E-state index contributed by atoms with van der Waals surface area (Å²) < 4.78 is 26.0. The number of benzene rings is 1. The predicted molar refractivity (Wildman–Crippen MR) is 119 cm³/mol. The molecule has 1 aromatic carbocycles. The molecule has 3 fully saturated rings. The molecule has 0 bridgehead atoms. The largest absolute Gasteiger partial charge is 0.300 e. The maximum atomic E-state index is 13.4. The average Bonchev–Trinajstić information content (AvgIpc) is 3.69. The Morgan fingerprint density at radius 3 is 2.53 bits per heavy atom. The summed E-state index contributed by atoms with van der Waals surface area (Å²) in [6, 6.07) is 7.29. The molecule has 5 rings (SSSR count). The zero-order valence-electron chi connectivity index (χ0n) is 18.1. The third-order valence-corrected chi connectivity index (χ3v) is 9.36. The van der Waals surface area contributed by atoms with E-state index in [1.54, 1.807) is 18.3 Å². The van der Waals surface area contributed by atoms with E-state index in [1.165, 1.54) is 6.33 Å². The van der Waals surface area contributed by atoms with Gasteiger partial charge in [0, 0.05) is 31.4 Å². The quantitative estimate of drug-likeness (QED) is 0.572. The average molecular weight is 453 g/mol. The number of hydrogen-bond donors (Lipinski definition) is 0. The number of aromatic nitrogens is 2. The molecule has 0 saturated heterocycles. The van der Waals surface area contributed by atoms with Gasteiger partial charge >= 0.3 is 0 Å². The van der Waals surface area contributed by atoms with Crippen LogP contribution in [-0.2, 0) is 25.8 Å². The van der Waals surface area contributed by atoms with E-state index < -0.39 is 9.84 Å². The van der Waals surface area contributed by atoms with Crippen molar-refractivity contribution in [2.24, 2.45) is 5.92 Å². The number of Topliss-reactive ketones (excluding diaryl/α,β-unsaturated/α-hetero) is 2. The molecule has 6 nitrogen and oxygen atoms in total. The van der Waals surface area contributed by atoms with Crippen molar-refractivity contribution in [3.63, 3.8) is 0 Å². The molecule has 168 valence electrons. The first-order valence-electron chi connectivity index (χ1n) is 11.6. The van der Waals surface area contributed by atoms with Gasteiger partial charge in [0.2, 0.25) is 0 Å². The number of carbonyl (C=O) groups excluding carboxylic acids is 2. The molecule has 0 unspecified atom stereocenters. The third kappa shape index (κ3) is 4.53. The van der Waals surface area contributed by atoms with Crippen LogP contribution in [0.2, 0.25) is 0 Å². The van der Waals surface area contributed by atoms with Crippen LogP contribution < -0.4 is 0 Å². The molecule has 32 heavy (non-hydrogen) atoms. The molecule has 0 amide bonds. The van der Waals surface area contributed by atoms with E-state index in [0.29, 0.717) is 29.9 Å². The highest BCUT2D eigenvalue weighted by atomic mass is 32.2. The fraction of sp³-hybridized carbons (Fsp3) is 0.520. The van der Waals surface area contributed by atoms with Gasteiger partial charge in [0.05, 0.1) is 15.8 Å². The van der Waals surface area contributed by atoms with Gasteiger partial charge in [-0.1, -0.05) is 12.1 Å². The van der Waals surface area contributed by atoms with Gasteiger partial charge in [-0.05, 0) is 73.6 Å². The maximum absolute atomic E-state index is 13.4. The topological polar surface area (TPSA) is 94.1 Å². The lowest BCUT2D eigenvalue weighted by Gasteiger charge is -2.21. The molecule has 0 spiro atoms. The number of nitrogens with zero attached hydrogens (tertiary/aromatic N) is 2. The summed E-state index contributed by atoms with van der Waals surface area (Å²) in [5.74, 6) is 0.422. The van der Waals surface area contributed by atoms with Crippen LogP contribution >= 0.6 is 0 Å². The summed E-state index contributed by atoms with van der Waals surface area (Å²) >= 11 is 0. The second-order valence-corrected chi connectivity index (χ2v) is 11.8. The summed E-state index contributed by atoms with van der Waals surface area (Å²) in [5, 5.41) is -0.245. The first kappa shape index (κ1) is 21.4. The fourth-order valence-corrected chi connectivity index (χ4v) is 6.85. The Kier molecular flexibility index (Phi) is 5.70. The van der Waals surface area contributed by atoms with Crippen LogP contribution in [0.25, 0.3) is 0 Å². The highest BCUT2D eigenvalue weighted by Gasteiger charge is 2.41. The normalized spacial score (nSPS) is 22.1. The van der Waals surface area contributed by atoms with Gasteiger partial charge in [0.25, 0.3) is 0 Å². The van der Waals surface area contributed by atoms with E-state index in [4.69, 9.17) is 0 Å². The van der Waals surface area contributed by atoms with Crippen LogP contribution in [0.4, 0.5) is 0 Å². The van der Waals surface area contributed by atoms with Crippen molar-refractivity contribution in [3.8, 4) is 0 Å². The molecule has 3 aliphatic carbocycles. The standard InChI is InChI=1S/C25H28N2O4S/c28-20-5-1-16(11-20)12-22(24(29)14-19-9-10-26-15-27-19)18-4-8-25(23(13-18)17-2-3-17)32(30,31)21-6-7-21/h4,8-10,13,15-17,21-22H,1-3,5-7,11-12,14H2/t16-,22+/m0/s1. The van der Waals surface area contributed by atoms with Crippen molar-refractivity contribution in [2.75, 3.05) is 0 Å². The summed E-state index contributed by atoms with van der Waals surface area (Å²) in [5.41, 5.74) is 2.43. The van der Waals surface area contributed by atoms with Gasteiger partial charge < -0.3 is 0 Å². The molecular weight excluding hydrogens is 424 g/mol. The molecule has 3 aliphatic rings. The van der Waals surface area contributed by atoms with Crippen molar-refractivity contribution in [3.05, 3.63) is 53.6 Å². The van der Waals surface area contributed by atoms with Crippen LogP contribution in [0.5, 0.6) is 0 Å². The molecule has 0 radical (unpaired) electrons. The molecule has 1 aromatic heterocycles. The first-order chi connectivity index (χ1) is 15.4. The Labute approximate surface area is 188 Å². The zero-order valence-corrected chi connectivity index (χ0v) is 18.9. The molecule has 1 heterocycles. The monoisotopic (exact) mass is 452 g/mol. The Morgan fingerprint density at radius 1 is 1.09 bits per heavy atom. The van der Waals surface area contributed by atoms with Crippen LogP contribution in [0.3, 0.4) is 0 Å². The maximum Gasteiger partial charge on any atom is 0.181 e. The van der Waals surface area contributed by atoms with E-state index in [1.807, 2.05) is 12.1 Å².